The molecule has 3 rings (SSSR count). The van der Waals surface area contributed by atoms with Crippen LogP contribution >= 0.6 is 11.6 Å². The van der Waals surface area contributed by atoms with Gasteiger partial charge in [-0.05, 0) is 36.2 Å². The van der Waals surface area contributed by atoms with E-state index in [1.165, 1.54) is 6.20 Å². The van der Waals surface area contributed by atoms with E-state index < -0.39 is 20.3 Å². The van der Waals surface area contributed by atoms with Crippen molar-refractivity contribution in [1.82, 2.24) is 20.3 Å². The van der Waals surface area contributed by atoms with Crippen molar-refractivity contribution in [3.05, 3.63) is 59.5 Å². The molecule has 2 aromatic heterocycles. The van der Waals surface area contributed by atoms with Crippen LogP contribution in [-0.4, -0.2) is 53.5 Å². The molecule has 3 aromatic rings. The predicted molar refractivity (Wildman–Crippen MR) is 155 cm³/mol. The van der Waals surface area contributed by atoms with Crippen LogP contribution in [0.1, 0.15) is 12.1 Å². The van der Waals surface area contributed by atoms with Gasteiger partial charge in [0.1, 0.15) is 10.7 Å². The predicted octanol–water partition coefficient (Wildman–Crippen LogP) is 5.91. The van der Waals surface area contributed by atoms with Crippen LogP contribution in [0.25, 0.3) is 0 Å². The number of pyridine rings is 1. The Morgan fingerprint density at radius 2 is 1.87 bits per heavy atom. The number of rotatable bonds is 10. The fraction of sp³-hybridized carbons (Fsp3) is 0.269. The van der Waals surface area contributed by atoms with E-state index in [0.29, 0.717) is 41.6 Å². The number of halogens is 1. The van der Waals surface area contributed by atoms with E-state index in [1.54, 1.807) is 36.5 Å². The number of nitrogens with zero attached hydrogens (tertiary/aromatic N) is 3. The van der Waals surface area contributed by atoms with Crippen LogP contribution < -0.4 is 21.3 Å². The third kappa shape index (κ3) is 10.5. The second-order valence-corrected chi connectivity index (χ2v) is 15.5. The van der Waals surface area contributed by atoms with Gasteiger partial charge in [-0.25, -0.2) is 19.6 Å². The highest BCUT2D eigenvalue weighted by Crippen LogP contribution is 2.29. The van der Waals surface area contributed by atoms with Crippen molar-refractivity contribution in [2.24, 2.45) is 0 Å². The minimum atomic E-state index is -1.32. The topological polar surface area (TPSA) is 150 Å². The first-order valence-electron chi connectivity index (χ1n) is 12.1. The molecule has 0 aliphatic rings. The van der Waals surface area contributed by atoms with Crippen molar-refractivity contribution in [2.45, 2.75) is 32.1 Å². The molecule has 204 valence electrons. The molecule has 5 N–H and O–H groups in total. The van der Waals surface area contributed by atoms with Crippen LogP contribution in [0.5, 0.6) is 0 Å². The van der Waals surface area contributed by atoms with Crippen molar-refractivity contribution in [2.75, 3.05) is 29.1 Å². The van der Waals surface area contributed by atoms with Crippen LogP contribution in [-0.2, 0) is 4.74 Å². The molecular formula is C26H30ClN7O4Si. The molecule has 1 aromatic carbocycles. The Balaban J connectivity index is 1.67. The molecule has 0 atom stereocenters. The maximum Gasteiger partial charge on any atom is 0.411 e. The lowest BCUT2D eigenvalue weighted by Crippen LogP contribution is -2.24. The number of hydrogen-bond donors (Lipinski definition) is 5. The molecule has 39 heavy (non-hydrogen) atoms. The van der Waals surface area contributed by atoms with Gasteiger partial charge in [-0.15, -0.1) is 0 Å². The van der Waals surface area contributed by atoms with E-state index in [2.05, 4.69) is 67.7 Å². The molecule has 0 saturated carbocycles. The molecule has 13 heteroatoms. The van der Waals surface area contributed by atoms with Gasteiger partial charge in [0.15, 0.2) is 5.82 Å². The van der Waals surface area contributed by atoms with Gasteiger partial charge in [0.05, 0.1) is 24.2 Å². The fourth-order valence-corrected chi connectivity index (χ4v) is 3.88. The zero-order valence-corrected chi connectivity index (χ0v) is 23.6. The van der Waals surface area contributed by atoms with E-state index in [0.717, 1.165) is 6.04 Å². The van der Waals surface area contributed by atoms with Crippen molar-refractivity contribution < 1.29 is 19.4 Å². The smallest absolute Gasteiger partial charge is 0.411 e. The number of benzene rings is 1. The number of carbonyl (C=O) groups excluding carboxylic acids is 1. The Bertz CT molecular complexity index is 1370. The molecule has 0 saturated heterocycles. The Labute approximate surface area is 232 Å². The van der Waals surface area contributed by atoms with E-state index >= 15 is 0 Å². The minimum absolute atomic E-state index is 0.229. The normalized spacial score (nSPS) is 10.6. The summed E-state index contributed by atoms with van der Waals surface area (Å²) < 4.78 is 5.35. The van der Waals surface area contributed by atoms with Gasteiger partial charge in [-0.1, -0.05) is 49.3 Å². The lowest BCUT2D eigenvalue weighted by atomic mass is 10.2. The second kappa shape index (κ2) is 14.0. The molecule has 0 spiro atoms. The molecular weight excluding hydrogens is 538 g/mol. The summed E-state index contributed by atoms with van der Waals surface area (Å²) >= 11 is 6.35. The number of para-hydroxylation sites is 2. The van der Waals surface area contributed by atoms with E-state index in [-0.39, 0.29) is 17.5 Å². The number of carbonyl (C=O) groups is 2. The Morgan fingerprint density at radius 3 is 2.62 bits per heavy atom. The number of anilines is 5. The fourth-order valence-electron chi connectivity index (χ4n) is 3.03. The van der Waals surface area contributed by atoms with Crippen LogP contribution in [0.3, 0.4) is 0 Å². The minimum Gasteiger partial charge on any atom is -0.465 e. The quantitative estimate of drug-likeness (QED) is 0.114. The Hall–Kier alpha value is -4.34. The third-order valence-electron chi connectivity index (χ3n) is 5.00. The highest BCUT2D eigenvalue weighted by atomic mass is 35.5. The second-order valence-electron chi connectivity index (χ2n) is 9.47. The molecule has 0 aliphatic carbocycles. The van der Waals surface area contributed by atoms with Crippen LogP contribution in [0.15, 0.2) is 48.8 Å². The summed E-state index contributed by atoms with van der Waals surface area (Å²) in [6.07, 6.45) is 1.77. The number of ether oxygens (including phenoxy) is 1. The SMILES string of the molecule is C[Si](C)(C)CCOC(=O)Nc1ccccc1Nc1nc(Nc2ccnc(C#CCCNC(=O)O)c2)ncc1Cl. The van der Waals surface area contributed by atoms with Crippen LogP contribution in [0.2, 0.25) is 30.7 Å². The Morgan fingerprint density at radius 1 is 1.10 bits per heavy atom. The first-order chi connectivity index (χ1) is 18.6. The number of carboxylic acid groups (broad SMARTS) is 1. The summed E-state index contributed by atoms with van der Waals surface area (Å²) in [5.41, 5.74) is 2.23. The number of nitrogens with one attached hydrogen (secondary N) is 4. The number of amides is 2. The number of hydrogen-bond acceptors (Lipinski definition) is 8. The molecule has 2 heterocycles. The lowest BCUT2D eigenvalue weighted by molar-refractivity contribution is 0.167. The summed E-state index contributed by atoms with van der Waals surface area (Å²) in [5.74, 6) is 6.36. The maximum atomic E-state index is 12.3. The van der Waals surface area contributed by atoms with Gasteiger partial charge in [0.2, 0.25) is 5.95 Å². The summed E-state index contributed by atoms with van der Waals surface area (Å²) in [6, 6.07) is 11.5. The van der Waals surface area contributed by atoms with Gasteiger partial charge in [0, 0.05) is 32.9 Å². The van der Waals surface area contributed by atoms with Gasteiger partial charge >= 0.3 is 12.2 Å². The van der Waals surface area contributed by atoms with Crippen molar-refractivity contribution >= 4 is 60.7 Å². The van der Waals surface area contributed by atoms with E-state index in [9.17, 15) is 9.59 Å². The van der Waals surface area contributed by atoms with E-state index in [1.807, 2.05) is 6.07 Å². The average molecular weight is 568 g/mol. The first kappa shape index (κ1) is 29.2. The van der Waals surface area contributed by atoms with Gasteiger partial charge in [-0.2, -0.15) is 4.98 Å². The maximum absolute atomic E-state index is 12.3. The van der Waals surface area contributed by atoms with Crippen molar-refractivity contribution in [1.29, 1.82) is 0 Å². The van der Waals surface area contributed by atoms with Gasteiger partial charge < -0.3 is 25.8 Å². The molecule has 2 amide bonds. The third-order valence-corrected chi connectivity index (χ3v) is 6.99. The van der Waals surface area contributed by atoms with Gasteiger partial charge in [0.25, 0.3) is 0 Å². The summed E-state index contributed by atoms with van der Waals surface area (Å²) in [4.78, 5) is 35.7. The molecule has 11 nitrogen and oxygen atoms in total. The van der Waals surface area contributed by atoms with E-state index in [4.69, 9.17) is 21.4 Å². The lowest BCUT2D eigenvalue weighted by Gasteiger charge is -2.16. The van der Waals surface area contributed by atoms with Gasteiger partial charge in [-0.3, -0.25) is 5.32 Å². The largest absolute Gasteiger partial charge is 0.465 e. The zero-order chi connectivity index (χ0) is 28.3. The standard InChI is InChI=1S/C26H30ClN7O4Si/c1-39(2,3)15-14-38-26(37)33-22-10-5-4-9-21(22)32-23-20(27)17-30-24(34-23)31-19-11-13-28-18(16-19)8-6-7-12-29-25(35)36/h4-5,9-11,13,16-17,29H,7,12,14-15H2,1-3H3,(H,33,37)(H,35,36)(H2,28,30,31,32,34). The molecule has 0 unspecified atom stereocenters. The highest BCUT2D eigenvalue weighted by Gasteiger charge is 2.15. The molecule has 0 aliphatic heterocycles. The average Bonchev–Trinajstić information content (AvgIpc) is 2.86. The summed E-state index contributed by atoms with van der Waals surface area (Å²) in [6.45, 7) is 7.25. The molecule has 0 radical (unpaired) electrons. The molecule has 0 bridgehead atoms. The van der Waals surface area contributed by atoms with Crippen LogP contribution in [0.4, 0.5) is 38.4 Å². The van der Waals surface area contributed by atoms with Crippen LogP contribution in [0, 0.1) is 11.8 Å². The summed E-state index contributed by atoms with van der Waals surface area (Å²) in [7, 11) is -1.32. The van der Waals surface area contributed by atoms with Crippen molar-refractivity contribution in [3.8, 4) is 11.8 Å². The molecule has 0 fully saturated rings. The first-order valence-corrected chi connectivity index (χ1v) is 16.2. The number of aromatic nitrogens is 3. The zero-order valence-electron chi connectivity index (χ0n) is 21.8. The Kier molecular flexibility index (Phi) is 10.5. The summed E-state index contributed by atoms with van der Waals surface area (Å²) in [5, 5.41) is 20.1. The monoisotopic (exact) mass is 567 g/mol. The van der Waals surface area contributed by atoms with Crippen molar-refractivity contribution in [3.63, 3.8) is 0 Å². The highest BCUT2D eigenvalue weighted by molar-refractivity contribution is 6.76.